The zero-order chi connectivity index (χ0) is 32.9. The quantitative estimate of drug-likeness (QED) is 0.173. The second-order valence-corrected chi connectivity index (χ2v) is 14.8. The summed E-state index contributed by atoms with van der Waals surface area (Å²) in [6.45, 7) is 0.159. The third-order valence-electron chi connectivity index (χ3n) is 12.6. The Morgan fingerprint density at radius 2 is 0.686 bits per heavy atom. The Labute approximate surface area is 297 Å². The summed E-state index contributed by atoms with van der Waals surface area (Å²) in [5.74, 6) is 0. The fourth-order valence-electron chi connectivity index (χ4n) is 11.0. The highest BCUT2D eigenvalue weighted by Crippen LogP contribution is 2.65. The van der Waals surface area contributed by atoms with E-state index in [1.54, 1.807) is 0 Å². The number of hydrogen-bond donors (Lipinski definition) is 0. The van der Waals surface area contributed by atoms with Gasteiger partial charge in [-0.1, -0.05) is 115 Å². The molecule has 0 saturated carbocycles. The summed E-state index contributed by atoms with van der Waals surface area (Å²) >= 11 is 0. The minimum Gasteiger partial charge on any atom is -0.332 e. The number of benzene rings is 7. The molecule has 0 saturated heterocycles. The van der Waals surface area contributed by atoms with Crippen molar-refractivity contribution in [2.45, 2.75) is 24.2 Å². The highest BCUT2D eigenvalue weighted by atomic mass is 15.3. The Balaban J connectivity index is 1.08. The van der Waals surface area contributed by atoms with Crippen LogP contribution in [0.3, 0.4) is 0 Å². The lowest BCUT2D eigenvalue weighted by Crippen LogP contribution is -2.61. The lowest BCUT2D eigenvalue weighted by Gasteiger charge is -2.44. The van der Waals surface area contributed by atoms with Crippen molar-refractivity contribution in [1.29, 1.82) is 0 Å². The van der Waals surface area contributed by atoms with Crippen molar-refractivity contribution in [1.82, 2.24) is 0 Å². The minimum atomic E-state index is 0.159. The summed E-state index contributed by atoms with van der Waals surface area (Å²) in [4.78, 5) is 10.7. The first-order chi connectivity index (χ1) is 25.4. The number of nitrogens with zero attached hydrogens (tertiary/aromatic N) is 4. The predicted molar refractivity (Wildman–Crippen MR) is 209 cm³/mol. The van der Waals surface area contributed by atoms with Gasteiger partial charge in [0, 0.05) is 67.8 Å². The maximum atomic E-state index is 2.73. The van der Waals surface area contributed by atoms with Gasteiger partial charge in [0.15, 0.2) is 0 Å². The summed E-state index contributed by atoms with van der Waals surface area (Å²) in [5.41, 5.74) is 20.5. The molecular formula is C46H31BN4. The molecule has 4 unspecified atom stereocenters. The van der Waals surface area contributed by atoms with E-state index in [-0.39, 0.29) is 30.9 Å². The number of anilines is 8. The molecule has 6 heterocycles. The molecule has 0 spiro atoms. The Kier molecular flexibility index (Phi) is 4.87. The van der Waals surface area contributed by atoms with Crippen molar-refractivity contribution in [2.75, 3.05) is 19.6 Å². The number of para-hydroxylation sites is 6. The van der Waals surface area contributed by atoms with Gasteiger partial charge in [-0.25, -0.2) is 0 Å². The molecule has 0 N–H and O–H groups in total. The third-order valence-corrected chi connectivity index (χ3v) is 12.6. The van der Waals surface area contributed by atoms with Gasteiger partial charge in [0.1, 0.15) is 0 Å². The van der Waals surface area contributed by atoms with Crippen LogP contribution in [0.2, 0.25) is 0 Å². The molecule has 0 radical (unpaired) electrons. The summed E-state index contributed by atoms with van der Waals surface area (Å²) in [6, 6.07) is 62.3. The molecule has 6 aliphatic rings. The fourth-order valence-corrected chi connectivity index (χ4v) is 11.0. The van der Waals surface area contributed by atoms with Crippen LogP contribution in [0.25, 0.3) is 0 Å². The molecule has 4 nitrogen and oxygen atoms in total. The van der Waals surface area contributed by atoms with Gasteiger partial charge in [-0.15, -0.1) is 0 Å². The summed E-state index contributed by atoms with van der Waals surface area (Å²) < 4.78 is 0. The van der Waals surface area contributed by atoms with E-state index in [2.05, 4.69) is 183 Å². The predicted octanol–water partition coefficient (Wildman–Crippen LogP) is 9.00. The highest BCUT2D eigenvalue weighted by molar-refractivity contribution is 7.00. The van der Waals surface area contributed by atoms with Gasteiger partial charge < -0.3 is 19.6 Å². The maximum Gasteiger partial charge on any atom is 0.252 e. The zero-order valence-corrected chi connectivity index (χ0v) is 27.8. The first kappa shape index (κ1) is 26.6. The van der Waals surface area contributed by atoms with Gasteiger partial charge in [-0.2, -0.15) is 0 Å². The van der Waals surface area contributed by atoms with Crippen LogP contribution in [0, 0.1) is 0 Å². The van der Waals surface area contributed by atoms with Crippen LogP contribution >= 0.6 is 0 Å². The second-order valence-electron chi connectivity index (χ2n) is 14.8. The minimum absolute atomic E-state index is 0.159. The topological polar surface area (TPSA) is 13.0 Å². The lowest BCUT2D eigenvalue weighted by atomic mass is 9.33. The molecule has 0 amide bonds. The average Bonchev–Trinajstić information content (AvgIpc) is 3.92. The second kappa shape index (κ2) is 9.32. The van der Waals surface area contributed by atoms with Crippen molar-refractivity contribution >= 4 is 68.6 Å². The molecule has 7 aromatic carbocycles. The van der Waals surface area contributed by atoms with Crippen LogP contribution in [0.15, 0.2) is 164 Å². The highest BCUT2D eigenvalue weighted by Gasteiger charge is 2.58. The number of rotatable bonds is 2. The number of hydrogen-bond acceptors (Lipinski definition) is 4. The first-order valence-electron chi connectivity index (χ1n) is 18.2. The molecule has 51 heavy (non-hydrogen) atoms. The summed E-state index contributed by atoms with van der Waals surface area (Å²) in [7, 11) is 0. The van der Waals surface area contributed by atoms with Crippen LogP contribution in [0.1, 0.15) is 46.4 Å². The van der Waals surface area contributed by atoms with E-state index in [1.165, 1.54) is 84.1 Å². The van der Waals surface area contributed by atoms with Crippen LogP contribution in [-0.2, 0) is 0 Å². The van der Waals surface area contributed by atoms with Gasteiger partial charge >= 0.3 is 0 Å². The Bertz CT molecular complexity index is 2440. The van der Waals surface area contributed by atoms with Crippen molar-refractivity contribution in [3.63, 3.8) is 0 Å². The third kappa shape index (κ3) is 3.07. The van der Waals surface area contributed by atoms with Gasteiger partial charge in [-0.05, 0) is 64.9 Å². The largest absolute Gasteiger partial charge is 0.332 e. The average molecular weight is 651 g/mol. The van der Waals surface area contributed by atoms with Gasteiger partial charge in [0.25, 0.3) is 6.71 Å². The molecule has 0 aliphatic carbocycles. The van der Waals surface area contributed by atoms with E-state index in [9.17, 15) is 0 Å². The standard InChI is InChI=1S/C46H31BN4/c1-3-14-28(15-4-1)48-36-24-9-7-18-30(36)43-45(48)32-20-11-22-34-41(32)50(43)38-26-13-27-39-40(38)47(34)35-23-12-21-33-42(35)51(39)44-31-19-8-10-25-37(31)49(46(33)44)29-16-5-2-6-17-29/h1-27,43-46H. The molecule has 238 valence electrons. The Morgan fingerprint density at radius 3 is 1.18 bits per heavy atom. The van der Waals surface area contributed by atoms with Gasteiger partial charge in [0.2, 0.25) is 0 Å². The molecule has 4 atom stereocenters. The molecule has 0 fully saturated rings. The molecule has 0 aromatic heterocycles. The Hall–Kier alpha value is -6.20. The van der Waals surface area contributed by atoms with E-state index in [1.807, 2.05) is 0 Å². The molecule has 6 aliphatic heterocycles. The van der Waals surface area contributed by atoms with Crippen LogP contribution in [0.5, 0.6) is 0 Å². The molecular weight excluding hydrogens is 619 g/mol. The number of fused-ring (bicyclic) bond motifs is 14. The normalized spacial score (nSPS) is 21.5. The monoisotopic (exact) mass is 650 g/mol. The van der Waals surface area contributed by atoms with Crippen LogP contribution < -0.4 is 36.0 Å². The van der Waals surface area contributed by atoms with Crippen molar-refractivity contribution in [2.24, 2.45) is 0 Å². The first-order valence-corrected chi connectivity index (χ1v) is 18.2. The molecule has 5 heteroatoms. The van der Waals surface area contributed by atoms with E-state index < -0.39 is 0 Å². The smallest absolute Gasteiger partial charge is 0.252 e. The van der Waals surface area contributed by atoms with Crippen LogP contribution in [-0.4, -0.2) is 6.71 Å². The summed E-state index contributed by atoms with van der Waals surface area (Å²) in [5, 5.41) is 0. The molecule has 0 bridgehead atoms. The van der Waals surface area contributed by atoms with E-state index >= 15 is 0 Å². The molecule has 7 aromatic rings. The summed E-state index contributed by atoms with van der Waals surface area (Å²) in [6.07, 6.45) is 0. The van der Waals surface area contributed by atoms with Gasteiger partial charge in [0.05, 0.1) is 24.2 Å². The van der Waals surface area contributed by atoms with Crippen molar-refractivity contribution in [3.8, 4) is 0 Å². The molecule has 13 rings (SSSR count). The van der Waals surface area contributed by atoms with Crippen molar-refractivity contribution < 1.29 is 0 Å². The van der Waals surface area contributed by atoms with Crippen LogP contribution in [0.4, 0.5) is 45.5 Å². The van der Waals surface area contributed by atoms with Crippen molar-refractivity contribution in [3.05, 3.63) is 186 Å². The zero-order valence-electron chi connectivity index (χ0n) is 27.8. The van der Waals surface area contributed by atoms with E-state index in [0.717, 1.165) is 0 Å². The lowest BCUT2D eigenvalue weighted by molar-refractivity contribution is 0.631. The van der Waals surface area contributed by atoms with E-state index in [0.29, 0.717) is 0 Å². The van der Waals surface area contributed by atoms with E-state index in [4.69, 9.17) is 0 Å². The fraction of sp³-hybridized carbons (Fsp3) is 0.0870. The maximum absolute atomic E-state index is 2.73. The van der Waals surface area contributed by atoms with Gasteiger partial charge in [-0.3, -0.25) is 0 Å². The Morgan fingerprint density at radius 1 is 0.314 bits per heavy atom. The SMILES string of the molecule is c1ccc(N2c3ccccc3C3C2c2cccc4c2N3c2cccc3c2B4c2cccc4c2N3C2c3ccccc3N(c3ccccc3)C42)cc1.